The summed E-state index contributed by atoms with van der Waals surface area (Å²) in [7, 11) is -0.703. The van der Waals surface area contributed by atoms with Gasteiger partial charge in [-0.3, -0.25) is 0 Å². The number of piperazine rings is 1. The van der Waals surface area contributed by atoms with Crippen LogP contribution in [0.5, 0.6) is 0 Å². The SMILES string of the molecule is O=S(C1C2CC3CC(C2)CC1C3)N1CCNCC1. The Balaban J connectivity index is 1.52. The molecule has 4 aliphatic carbocycles. The number of hydrogen-bond acceptors (Lipinski definition) is 2. The van der Waals surface area contributed by atoms with E-state index in [0.717, 1.165) is 49.9 Å². The molecule has 0 spiro atoms. The van der Waals surface area contributed by atoms with E-state index < -0.39 is 11.0 Å². The fourth-order valence-corrected chi connectivity index (χ4v) is 7.19. The molecule has 0 amide bonds. The third-order valence-electron chi connectivity index (χ3n) is 5.70. The first-order valence-corrected chi connectivity index (χ1v) is 8.84. The molecule has 3 nitrogen and oxygen atoms in total. The molecule has 4 bridgehead atoms. The minimum absolute atomic E-state index is 0.510. The van der Waals surface area contributed by atoms with Crippen molar-refractivity contribution < 1.29 is 4.21 Å². The Morgan fingerprint density at radius 2 is 1.44 bits per heavy atom. The fraction of sp³-hybridized carbons (Fsp3) is 1.00. The van der Waals surface area contributed by atoms with Gasteiger partial charge in [-0.05, 0) is 55.8 Å². The van der Waals surface area contributed by atoms with Crippen molar-refractivity contribution in [3.05, 3.63) is 0 Å². The first-order valence-electron chi connectivity index (χ1n) is 7.67. The van der Waals surface area contributed by atoms with Gasteiger partial charge in [0.05, 0.1) is 16.2 Å². The van der Waals surface area contributed by atoms with E-state index in [2.05, 4.69) is 9.62 Å². The normalized spacial score (nSPS) is 49.4. The third kappa shape index (κ3) is 1.88. The number of rotatable bonds is 2. The Morgan fingerprint density at radius 3 is 2.00 bits per heavy atom. The second kappa shape index (κ2) is 4.57. The molecule has 1 saturated heterocycles. The molecule has 18 heavy (non-hydrogen) atoms. The van der Waals surface area contributed by atoms with Crippen molar-refractivity contribution >= 4 is 11.0 Å². The molecule has 4 heteroatoms. The monoisotopic (exact) mass is 268 g/mol. The minimum Gasteiger partial charge on any atom is -0.314 e. The lowest BCUT2D eigenvalue weighted by molar-refractivity contribution is 0.0237. The maximum absolute atomic E-state index is 12.9. The Kier molecular flexibility index (Phi) is 3.01. The molecule has 0 aromatic rings. The van der Waals surface area contributed by atoms with E-state index in [1.807, 2.05) is 0 Å². The summed E-state index contributed by atoms with van der Waals surface area (Å²) in [4.78, 5) is 0. The second-order valence-corrected chi connectivity index (χ2v) is 8.46. The summed E-state index contributed by atoms with van der Waals surface area (Å²) in [5, 5.41) is 3.87. The first kappa shape index (κ1) is 11.9. The van der Waals surface area contributed by atoms with E-state index in [-0.39, 0.29) is 0 Å². The summed E-state index contributed by atoms with van der Waals surface area (Å²) in [6.07, 6.45) is 7.02. The molecule has 4 saturated carbocycles. The molecule has 102 valence electrons. The molecule has 5 aliphatic rings. The molecule has 0 aromatic carbocycles. The topological polar surface area (TPSA) is 32.3 Å². The highest BCUT2D eigenvalue weighted by atomic mass is 32.2. The largest absolute Gasteiger partial charge is 0.314 e. The van der Waals surface area contributed by atoms with Crippen molar-refractivity contribution in [1.29, 1.82) is 0 Å². The van der Waals surface area contributed by atoms with Gasteiger partial charge in [-0.1, -0.05) is 0 Å². The standard InChI is InChI=1S/C14H24N2OS/c17-18(16-3-1-15-2-4-16)14-12-6-10-5-11(8-12)9-13(14)7-10/h10-15H,1-9H2. The van der Waals surface area contributed by atoms with Crippen LogP contribution in [0.15, 0.2) is 0 Å². The van der Waals surface area contributed by atoms with Gasteiger partial charge in [0.1, 0.15) is 0 Å². The summed E-state index contributed by atoms with van der Waals surface area (Å²) >= 11 is 0. The average Bonchev–Trinajstić information content (AvgIpc) is 2.38. The van der Waals surface area contributed by atoms with Gasteiger partial charge in [0, 0.05) is 26.2 Å². The van der Waals surface area contributed by atoms with Crippen LogP contribution < -0.4 is 5.32 Å². The highest BCUT2D eigenvalue weighted by molar-refractivity contribution is 7.83. The van der Waals surface area contributed by atoms with Crippen molar-refractivity contribution in [1.82, 2.24) is 9.62 Å². The molecule has 1 aliphatic heterocycles. The van der Waals surface area contributed by atoms with Crippen molar-refractivity contribution in [2.45, 2.75) is 37.4 Å². The van der Waals surface area contributed by atoms with Gasteiger partial charge in [0.25, 0.3) is 0 Å². The van der Waals surface area contributed by atoms with Gasteiger partial charge in [0.15, 0.2) is 0 Å². The zero-order chi connectivity index (χ0) is 12.1. The van der Waals surface area contributed by atoms with E-state index in [0.29, 0.717) is 5.25 Å². The average molecular weight is 268 g/mol. The zero-order valence-corrected chi connectivity index (χ0v) is 11.8. The summed E-state index contributed by atoms with van der Waals surface area (Å²) in [5.41, 5.74) is 0. The maximum atomic E-state index is 12.9. The Bertz CT molecular complexity index is 326. The number of hydrogen-bond donors (Lipinski definition) is 1. The Labute approximate surface area is 112 Å². The van der Waals surface area contributed by atoms with Gasteiger partial charge >= 0.3 is 0 Å². The van der Waals surface area contributed by atoms with E-state index in [1.54, 1.807) is 0 Å². The second-order valence-electron chi connectivity index (χ2n) is 6.85. The summed E-state index contributed by atoms with van der Waals surface area (Å²) < 4.78 is 15.2. The smallest absolute Gasteiger partial charge is 0.0980 e. The van der Waals surface area contributed by atoms with Gasteiger partial charge in [-0.2, -0.15) is 0 Å². The van der Waals surface area contributed by atoms with Gasteiger partial charge in [-0.15, -0.1) is 0 Å². The van der Waals surface area contributed by atoms with E-state index in [4.69, 9.17) is 0 Å². The van der Waals surface area contributed by atoms with E-state index in [9.17, 15) is 4.21 Å². The third-order valence-corrected chi connectivity index (χ3v) is 7.81. The van der Waals surface area contributed by atoms with Crippen LogP contribution in [0, 0.1) is 23.7 Å². The van der Waals surface area contributed by atoms with Crippen LogP contribution >= 0.6 is 0 Å². The molecule has 5 rings (SSSR count). The Morgan fingerprint density at radius 1 is 0.889 bits per heavy atom. The van der Waals surface area contributed by atoms with Crippen LogP contribution in [0.2, 0.25) is 0 Å². The predicted molar refractivity (Wildman–Crippen MR) is 73.4 cm³/mol. The highest BCUT2D eigenvalue weighted by Crippen LogP contribution is 2.55. The minimum atomic E-state index is -0.703. The van der Waals surface area contributed by atoms with Gasteiger partial charge in [0.2, 0.25) is 0 Å². The van der Waals surface area contributed by atoms with Crippen molar-refractivity contribution in [2.24, 2.45) is 23.7 Å². The summed E-state index contributed by atoms with van der Waals surface area (Å²) in [6, 6.07) is 0. The molecule has 1 atom stereocenters. The predicted octanol–water partition coefficient (Wildman–Crippen LogP) is 1.38. The van der Waals surface area contributed by atoms with E-state index >= 15 is 0 Å². The molecular formula is C14H24N2OS. The first-order chi connectivity index (χ1) is 8.81. The molecule has 0 aromatic heterocycles. The fourth-order valence-electron chi connectivity index (χ4n) is 5.20. The lowest BCUT2D eigenvalue weighted by Crippen LogP contribution is -2.55. The van der Waals surface area contributed by atoms with Crippen LogP contribution in [0.4, 0.5) is 0 Å². The molecular weight excluding hydrogens is 244 g/mol. The number of nitrogens with zero attached hydrogens (tertiary/aromatic N) is 1. The van der Waals surface area contributed by atoms with Crippen LogP contribution in [-0.4, -0.2) is 39.9 Å². The Hall–Kier alpha value is 0.0700. The molecule has 1 unspecified atom stereocenters. The van der Waals surface area contributed by atoms with Crippen molar-refractivity contribution in [2.75, 3.05) is 26.2 Å². The molecule has 5 fully saturated rings. The number of nitrogens with one attached hydrogen (secondary N) is 1. The van der Waals surface area contributed by atoms with Crippen LogP contribution in [0.1, 0.15) is 32.1 Å². The van der Waals surface area contributed by atoms with Crippen molar-refractivity contribution in [3.8, 4) is 0 Å². The van der Waals surface area contributed by atoms with Crippen LogP contribution in [0.25, 0.3) is 0 Å². The lowest BCUT2D eigenvalue weighted by Gasteiger charge is -2.54. The van der Waals surface area contributed by atoms with Crippen LogP contribution in [-0.2, 0) is 11.0 Å². The van der Waals surface area contributed by atoms with Crippen molar-refractivity contribution in [3.63, 3.8) is 0 Å². The molecule has 1 N–H and O–H groups in total. The molecule has 0 radical (unpaired) electrons. The summed E-state index contributed by atoms with van der Waals surface area (Å²) in [5.74, 6) is 3.56. The van der Waals surface area contributed by atoms with Crippen LogP contribution in [0.3, 0.4) is 0 Å². The molecule has 1 heterocycles. The van der Waals surface area contributed by atoms with Gasteiger partial charge in [-0.25, -0.2) is 8.51 Å². The lowest BCUT2D eigenvalue weighted by atomic mass is 9.56. The highest BCUT2D eigenvalue weighted by Gasteiger charge is 2.51. The quantitative estimate of drug-likeness (QED) is 0.820. The van der Waals surface area contributed by atoms with E-state index in [1.165, 1.54) is 32.1 Å². The maximum Gasteiger partial charge on any atom is 0.0980 e. The van der Waals surface area contributed by atoms with Gasteiger partial charge < -0.3 is 5.32 Å². The summed E-state index contributed by atoms with van der Waals surface area (Å²) in [6.45, 7) is 3.99. The zero-order valence-electron chi connectivity index (χ0n) is 11.0.